The molecule has 2 N–H and O–H groups in total. The number of nitrogens with zero attached hydrogens (tertiary/aromatic N) is 1. The number of hydrogen-bond donors (Lipinski definition) is 2. The summed E-state index contributed by atoms with van der Waals surface area (Å²) in [6.07, 6.45) is 1.03. The highest BCUT2D eigenvalue weighted by Gasteiger charge is 2.21. The maximum absolute atomic E-state index is 13.8. The van der Waals surface area contributed by atoms with Crippen LogP contribution in [0, 0.1) is 5.82 Å². The van der Waals surface area contributed by atoms with Crippen molar-refractivity contribution in [3.8, 4) is 5.75 Å². The number of halogens is 1. The van der Waals surface area contributed by atoms with Crippen LogP contribution in [0.3, 0.4) is 0 Å². The van der Waals surface area contributed by atoms with Gasteiger partial charge in [0.05, 0.1) is 24.9 Å². The first-order valence-corrected chi connectivity index (χ1v) is 7.02. The molecular weight excluding hydrogens is 261 g/mol. The number of aliphatic hydroxyl groups is 2. The highest BCUT2D eigenvalue weighted by molar-refractivity contribution is 5.36. The van der Waals surface area contributed by atoms with Gasteiger partial charge in [-0.05, 0) is 37.9 Å². The molecule has 1 aromatic carbocycles. The largest absolute Gasteiger partial charge is 0.496 e. The maximum Gasteiger partial charge on any atom is 0.132 e. The lowest BCUT2D eigenvalue weighted by Crippen LogP contribution is -2.39. The van der Waals surface area contributed by atoms with Gasteiger partial charge in [0.15, 0.2) is 0 Å². The molecule has 0 bridgehead atoms. The zero-order valence-electron chi connectivity index (χ0n) is 11.8. The summed E-state index contributed by atoms with van der Waals surface area (Å²) in [5.41, 5.74) is 0.215. The number of β-amino-alcohol motifs (C(OH)–C–C–N with tert-alkyl or cyclic N) is 1. The summed E-state index contributed by atoms with van der Waals surface area (Å²) in [7, 11) is 1.46. The molecule has 20 heavy (non-hydrogen) atoms. The third-order valence-corrected chi connectivity index (χ3v) is 3.77. The molecule has 1 fully saturated rings. The Morgan fingerprint density at radius 2 is 2.30 bits per heavy atom. The van der Waals surface area contributed by atoms with Crippen LogP contribution in [0.1, 0.15) is 30.9 Å². The Kier molecular flexibility index (Phi) is 5.34. The van der Waals surface area contributed by atoms with Gasteiger partial charge in [-0.1, -0.05) is 6.07 Å². The molecule has 1 heterocycles. The second kappa shape index (κ2) is 7.02. The van der Waals surface area contributed by atoms with Crippen molar-refractivity contribution in [2.24, 2.45) is 0 Å². The molecule has 0 amide bonds. The van der Waals surface area contributed by atoms with Crippen LogP contribution in [0.4, 0.5) is 4.39 Å². The standard InChI is InChI=1S/C15H22FNO3/c1-20-14-6-2-5-12(16)15(14)13(19)7-9-17-8-3-4-11(18)10-17/h2,5-6,11,13,18-19H,3-4,7-10H2,1H3. The van der Waals surface area contributed by atoms with E-state index in [0.29, 0.717) is 25.3 Å². The summed E-state index contributed by atoms with van der Waals surface area (Å²) in [6.45, 7) is 2.18. The molecule has 1 aromatic rings. The molecule has 1 aliphatic heterocycles. The first-order chi connectivity index (χ1) is 9.61. The number of hydrogen-bond acceptors (Lipinski definition) is 4. The minimum Gasteiger partial charge on any atom is -0.496 e. The first kappa shape index (κ1) is 15.2. The summed E-state index contributed by atoms with van der Waals surface area (Å²) in [5.74, 6) is -0.0771. The Labute approximate surface area is 118 Å². The Morgan fingerprint density at radius 1 is 1.50 bits per heavy atom. The molecule has 0 radical (unpaired) electrons. The van der Waals surface area contributed by atoms with E-state index in [1.54, 1.807) is 12.1 Å². The first-order valence-electron chi connectivity index (χ1n) is 7.02. The molecule has 0 aliphatic carbocycles. The lowest BCUT2D eigenvalue weighted by molar-refractivity contribution is 0.0582. The van der Waals surface area contributed by atoms with Gasteiger partial charge in [0.1, 0.15) is 11.6 Å². The van der Waals surface area contributed by atoms with Crippen LogP contribution < -0.4 is 4.74 Å². The molecule has 2 rings (SSSR count). The normalized spacial score (nSPS) is 21.7. The van der Waals surface area contributed by atoms with Crippen molar-refractivity contribution in [1.29, 1.82) is 0 Å². The maximum atomic E-state index is 13.8. The van der Waals surface area contributed by atoms with Crippen LogP contribution in [0.25, 0.3) is 0 Å². The van der Waals surface area contributed by atoms with E-state index in [1.165, 1.54) is 13.2 Å². The van der Waals surface area contributed by atoms with Crippen LogP contribution in [0.5, 0.6) is 5.75 Å². The number of benzene rings is 1. The summed E-state index contributed by atoms with van der Waals surface area (Å²) in [4.78, 5) is 2.10. The molecule has 0 saturated carbocycles. The highest BCUT2D eigenvalue weighted by Crippen LogP contribution is 2.30. The zero-order chi connectivity index (χ0) is 14.5. The van der Waals surface area contributed by atoms with Gasteiger partial charge in [-0.2, -0.15) is 0 Å². The van der Waals surface area contributed by atoms with E-state index in [0.717, 1.165) is 19.4 Å². The van der Waals surface area contributed by atoms with Crippen molar-refractivity contribution in [3.63, 3.8) is 0 Å². The van der Waals surface area contributed by atoms with Crippen LogP contribution in [-0.2, 0) is 0 Å². The smallest absolute Gasteiger partial charge is 0.132 e. The van der Waals surface area contributed by atoms with Crippen molar-refractivity contribution in [3.05, 3.63) is 29.6 Å². The van der Waals surface area contributed by atoms with E-state index in [2.05, 4.69) is 4.90 Å². The number of methoxy groups -OCH3 is 1. The minimum atomic E-state index is -0.898. The number of ether oxygens (including phenoxy) is 1. The predicted molar refractivity (Wildman–Crippen MR) is 74.2 cm³/mol. The lowest BCUT2D eigenvalue weighted by Gasteiger charge is -2.30. The SMILES string of the molecule is COc1cccc(F)c1C(O)CCN1CCCC(O)C1. The van der Waals surface area contributed by atoms with Gasteiger partial charge in [-0.25, -0.2) is 4.39 Å². The lowest BCUT2D eigenvalue weighted by atomic mass is 10.0. The molecule has 1 aliphatic rings. The van der Waals surface area contributed by atoms with Gasteiger partial charge in [-0.15, -0.1) is 0 Å². The third kappa shape index (κ3) is 3.69. The zero-order valence-corrected chi connectivity index (χ0v) is 11.8. The van der Waals surface area contributed by atoms with E-state index in [9.17, 15) is 14.6 Å². The Balaban J connectivity index is 1.96. The van der Waals surface area contributed by atoms with Gasteiger partial charge in [0.2, 0.25) is 0 Å². The van der Waals surface area contributed by atoms with Crippen molar-refractivity contribution in [2.75, 3.05) is 26.7 Å². The Bertz CT molecular complexity index is 441. The summed E-state index contributed by atoms with van der Waals surface area (Å²) in [6, 6.07) is 4.53. The number of rotatable bonds is 5. The van der Waals surface area contributed by atoms with E-state index in [1.807, 2.05) is 0 Å². The molecule has 2 atom stereocenters. The topological polar surface area (TPSA) is 52.9 Å². The molecule has 112 valence electrons. The average Bonchev–Trinajstić information content (AvgIpc) is 2.44. The average molecular weight is 283 g/mol. The van der Waals surface area contributed by atoms with Gasteiger partial charge in [-0.3, -0.25) is 0 Å². The number of likely N-dealkylation sites (tertiary alicyclic amines) is 1. The summed E-state index contributed by atoms with van der Waals surface area (Å²) >= 11 is 0. The summed E-state index contributed by atoms with van der Waals surface area (Å²) in [5, 5.41) is 19.8. The van der Waals surface area contributed by atoms with Crippen LogP contribution in [-0.4, -0.2) is 48.0 Å². The molecule has 0 aromatic heterocycles. The molecular formula is C15H22FNO3. The Morgan fingerprint density at radius 3 is 3.00 bits per heavy atom. The van der Waals surface area contributed by atoms with E-state index in [4.69, 9.17) is 4.74 Å². The fraction of sp³-hybridized carbons (Fsp3) is 0.600. The minimum absolute atomic E-state index is 0.215. The van der Waals surface area contributed by atoms with E-state index in [-0.39, 0.29) is 11.7 Å². The summed E-state index contributed by atoms with van der Waals surface area (Å²) < 4.78 is 18.9. The Hall–Kier alpha value is -1.17. The molecule has 5 heteroatoms. The van der Waals surface area contributed by atoms with Gasteiger partial charge in [0.25, 0.3) is 0 Å². The monoisotopic (exact) mass is 283 g/mol. The van der Waals surface area contributed by atoms with Crippen molar-refractivity contribution in [2.45, 2.75) is 31.5 Å². The second-order valence-corrected chi connectivity index (χ2v) is 5.26. The highest BCUT2D eigenvalue weighted by atomic mass is 19.1. The molecule has 4 nitrogen and oxygen atoms in total. The van der Waals surface area contributed by atoms with E-state index >= 15 is 0 Å². The second-order valence-electron chi connectivity index (χ2n) is 5.26. The van der Waals surface area contributed by atoms with Crippen molar-refractivity contribution >= 4 is 0 Å². The fourth-order valence-electron chi connectivity index (χ4n) is 2.70. The van der Waals surface area contributed by atoms with Gasteiger partial charge >= 0.3 is 0 Å². The van der Waals surface area contributed by atoms with Crippen LogP contribution >= 0.6 is 0 Å². The predicted octanol–water partition coefficient (Wildman–Crippen LogP) is 1.71. The number of aliphatic hydroxyl groups excluding tert-OH is 2. The quantitative estimate of drug-likeness (QED) is 0.864. The number of piperidine rings is 1. The van der Waals surface area contributed by atoms with E-state index < -0.39 is 11.9 Å². The van der Waals surface area contributed by atoms with Crippen LogP contribution in [0.15, 0.2) is 18.2 Å². The molecule has 1 saturated heterocycles. The van der Waals surface area contributed by atoms with Crippen LogP contribution in [0.2, 0.25) is 0 Å². The van der Waals surface area contributed by atoms with Gasteiger partial charge < -0.3 is 19.8 Å². The molecule has 0 spiro atoms. The molecule has 2 unspecified atom stereocenters. The third-order valence-electron chi connectivity index (χ3n) is 3.77. The van der Waals surface area contributed by atoms with Gasteiger partial charge in [0, 0.05) is 13.1 Å². The fourth-order valence-corrected chi connectivity index (χ4v) is 2.70. The van der Waals surface area contributed by atoms with Crippen molar-refractivity contribution in [1.82, 2.24) is 4.90 Å². The van der Waals surface area contributed by atoms with Crippen molar-refractivity contribution < 1.29 is 19.3 Å².